The summed E-state index contributed by atoms with van der Waals surface area (Å²) in [5.74, 6) is 0.274. The Morgan fingerprint density at radius 3 is 2.54 bits per heavy atom. The van der Waals surface area contributed by atoms with E-state index in [0.717, 1.165) is 32.1 Å². The van der Waals surface area contributed by atoms with Crippen LogP contribution in [0.1, 0.15) is 21.5 Å². The fraction of sp³-hybridized carbons (Fsp3) is 0.0333. The number of halogens is 2. The third-order valence-electron chi connectivity index (χ3n) is 5.62. The molecule has 0 bridgehead atoms. The molecule has 39 heavy (non-hydrogen) atoms. The minimum absolute atomic E-state index is 0.332. The molecule has 1 amide bonds. The van der Waals surface area contributed by atoms with Gasteiger partial charge in [0, 0.05) is 37.3 Å². The number of hydrogen-bond acceptors (Lipinski definition) is 6. The normalized spacial score (nSPS) is 10.9. The van der Waals surface area contributed by atoms with Gasteiger partial charge in [-0.15, -0.1) is 11.3 Å². The molecular weight excluding hydrogens is 596 g/mol. The molecule has 5 rings (SSSR count). The molecule has 4 aromatic carbocycles. The van der Waals surface area contributed by atoms with Crippen molar-refractivity contribution in [1.82, 2.24) is 10.4 Å². The number of rotatable bonds is 9. The first-order chi connectivity index (χ1) is 19.0. The molecule has 9 heteroatoms. The number of carbonyl (C=O) groups excluding carboxylic acids is 1. The van der Waals surface area contributed by atoms with Gasteiger partial charge in [0.2, 0.25) is 0 Å². The van der Waals surface area contributed by atoms with Crippen molar-refractivity contribution in [2.45, 2.75) is 6.61 Å². The van der Waals surface area contributed by atoms with Crippen molar-refractivity contribution >= 4 is 61.8 Å². The SMILES string of the molecule is O=C(N/N=C\c1cc(Cl)ccc1OCc1ccc(Br)cc1)c1ccc(-c2csc(Nc3ccccc3)n2)cc1. The highest BCUT2D eigenvalue weighted by Crippen LogP contribution is 2.27. The van der Waals surface area contributed by atoms with Crippen LogP contribution >= 0.6 is 38.9 Å². The molecule has 0 aliphatic rings. The molecule has 0 saturated heterocycles. The number of thiazole rings is 1. The highest BCUT2D eigenvalue weighted by Gasteiger charge is 2.09. The first kappa shape index (κ1) is 26.6. The highest BCUT2D eigenvalue weighted by molar-refractivity contribution is 9.10. The number of nitrogens with one attached hydrogen (secondary N) is 2. The van der Waals surface area contributed by atoms with E-state index in [1.54, 1.807) is 30.3 Å². The van der Waals surface area contributed by atoms with Crippen LogP contribution in [0.3, 0.4) is 0 Å². The number of carbonyl (C=O) groups is 1. The van der Waals surface area contributed by atoms with Crippen LogP contribution in [0.4, 0.5) is 10.8 Å². The number of para-hydroxylation sites is 1. The molecule has 5 aromatic rings. The van der Waals surface area contributed by atoms with Crippen LogP contribution in [-0.2, 0) is 6.61 Å². The van der Waals surface area contributed by atoms with Gasteiger partial charge in [0.15, 0.2) is 5.13 Å². The Hall–Kier alpha value is -3.98. The Bertz CT molecular complexity index is 1590. The minimum atomic E-state index is -0.332. The molecule has 0 atom stereocenters. The Labute approximate surface area is 243 Å². The summed E-state index contributed by atoms with van der Waals surface area (Å²) in [4.78, 5) is 17.3. The summed E-state index contributed by atoms with van der Waals surface area (Å²) < 4.78 is 6.97. The lowest BCUT2D eigenvalue weighted by Gasteiger charge is -2.10. The monoisotopic (exact) mass is 616 g/mol. The van der Waals surface area contributed by atoms with Crippen molar-refractivity contribution in [2.75, 3.05) is 5.32 Å². The number of hydrogen-bond donors (Lipinski definition) is 2. The smallest absolute Gasteiger partial charge is 0.271 e. The zero-order valence-corrected chi connectivity index (χ0v) is 23.6. The maximum Gasteiger partial charge on any atom is 0.271 e. The van der Waals surface area contributed by atoms with Gasteiger partial charge in [0.05, 0.1) is 11.9 Å². The maximum absolute atomic E-state index is 12.7. The van der Waals surface area contributed by atoms with Crippen LogP contribution in [-0.4, -0.2) is 17.1 Å². The third kappa shape index (κ3) is 7.32. The first-order valence-corrected chi connectivity index (χ1v) is 14.0. The van der Waals surface area contributed by atoms with E-state index in [2.05, 4.69) is 36.8 Å². The lowest BCUT2D eigenvalue weighted by Crippen LogP contribution is -2.17. The molecule has 2 N–H and O–H groups in total. The van der Waals surface area contributed by atoms with Crippen LogP contribution < -0.4 is 15.5 Å². The average molecular weight is 618 g/mol. The molecule has 0 aliphatic carbocycles. The molecule has 0 saturated carbocycles. The zero-order valence-electron chi connectivity index (χ0n) is 20.5. The van der Waals surface area contributed by atoms with E-state index < -0.39 is 0 Å². The molecule has 0 radical (unpaired) electrons. The van der Waals surface area contributed by atoms with Gasteiger partial charge in [0.25, 0.3) is 5.91 Å². The van der Waals surface area contributed by atoms with Crippen LogP contribution in [0.25, 0.3) is 11.3 Å². The fourth-order valence-electron chi connectivity index (χ4n) is 3.62. The van der Waals surface area contributed by atoms with Crippen LogP contribution in [0.15, 0.2) is 112 Å². The summed E-state index contributed by atoms with van der Waals surface area (Å²) >= 11 is 11.1. The summed E-state index contributed by atoms with van der Waals surface area (Å²) in [6.07, 6.45) is 1.52. The van der Waals surface area contributed by atoms with Crippen molar-refractivity contribution in [2.24, 2.45) is 5.10 Å². The number of nitrogens with zero attached hydrogens (tertiary/aromatic N) is 2. The third-order valence-corrected chi connectivity index (χ3v) is 7.14. The Morgan fingerprint density at radius 1 is 1.00 bits per heavy atom. The number of anilines is 2. The molecule has 194 valence electrons. The van der Waals surface area contributed by atoms with Crippen molar-refractivity contribution in [3.8, 4) is 17.0 Å². The molecule has 0 aliphatic heterocycles. The van der Waals surface area contributed by atoms with E-state index in [9.17, 15) is 4.79 Å². The standard InChI is InChI=1S/C30H22BrClN4O2S/c31-24-12-6-20(7-13-24)18-38-28-15-14-25(32)16-23(28)17-33-36-29(37)22-10-8-21(9-11-22)27-19-39-30(35-27)34-26-4-2-1-3-5-26/h1-17,19H,18H2,(H,34,35)(H,36,37)/b33-17-. The molecule has 1 aromatic heterocycles. The van der Waals surface area contributed by atoms with Crippen molar-refractivity contribution < 1.29 is 9.53 Å². The van der Waals surface area contributed by atoms with Gasteiger partial charge in [-0.25, -0.2) is 10.4 Å². The van der Waals surface area contributed by atoms with Crippen molar-refractivity contribution in [1.29, 1.82) is 0 Å². The average Bonchev–Trinajstić information content (AvgIpc) is 3.42. The van der Waals surface area contributed by atoms with Gasteiger partial charge < -0.3 is 10.1 Å². The second-order valence-corrected chi connectivity index (χ2v) is 10.6. The lowest BCUT2D eigenvalue weighted by molar-refractivity contribution is 0.0955. The van der Waals surface area contributed by atoms with Gasteiger partial charge in [-0.05, 0) is 60.2 Å². The topological polar surface area (TPSA) is 75.6 Å². The molecule has 0 spiro atoms. The van der Waals surface area contributed by atoms with Gasteiger partial charge in [-0.2, -0.15) is 5.10 Å². The van der Waals surface area contributed by atoms with E-state index in [-0.39, 0.29) is 5.91 Å². The maximum atomic E-state index is 12.7. The predicted molar refractivity (Wildman–Crippen MR) is 162 cm³/mol. The van der Waals surface area contributed by atoms with E-state index in [0.29, 0.717) is 28.5 Å². The van der Waals surface area contributed by atoms with Crippen molar-refractivity contribution in [3.05, 3.63) is 129 Å². The van der Waals surface area contributed by atoms with Gasteiger partial charge in [0.1, 0.15) is 12.4 Å². The Balaban J connectivity index is 1.20. The summed E-state index contributed by atoms with van der Waals surface area (Å²) in [6.45, 7) is 0.386. The second kappa shape index (κ2) is 12.7. The van der Waals surface area contributed by atoms with Crippen molar-refractivity contribution in [3.63, 3.8) is 0 Å². The molecular formula is C30H22BrClN4O2S. The molecule has 6 nitrogen and oxygen atoms in total. The van der Waals surface area contributed by atoms with Gasteiger partial charge in [-0.1, -0.05) is 70.0 Å². The lowest BCUT2D eigenvalue weighted by atomic mass is 10.1. The zero-order chi connectivity index (χ0) is 27.0. The second-order valence-electron chi connectivity index (χ2n) is 8.40. The molecule has 0 unspecified atom stereocenters. The van der Waals surface area contributed by atoms with Crippen LogP contribution in [0.2, 0.25) is 5.02 Å². The summed E-state index contributed by atoms with van der Waals surface area (Å²) in [5, 5.41) is 10.7. The number of aromatic nitrogens is 1. The van der Waals surface area contributed by atoms with Crippen LogP contribution in [0, 0.1) is 0 Å². The number of benzene rings is 4. The van der Waals surface area contributed by atoms with Gasteiger partial charge >= 0.3 is 0 Å². The molecule has 1 heterocycles. The predicted octanol–water partition coefficient (Wildman–Crippen LogP) is 8.31. The number of amides is 1. The summed E-state index contributed by atoms with van der Waals surface area (Å²) in [6, 6.07) is 30.3. The fourth-order valence-corrected chi connectivity index (χ4v) is 4.80. The summed E-state index contributed by atoms with van der Waals surface area (Å²) in [5.41, 5.74) is 7.45. The van der Waals surface area contributed by atoms with E-state index in [1.807, 2.05) is 72.1 Å². The number of ether oxygens (including phenoxy) is 1. The van der Waals surface area contributed by atoms with E-state index in [4.69, 9.17) is 16.3 Å². The number of hydrazone groups is 1. The highest BCUT2D eigenvalue weighted by atomic mass is 79.9. The van der Waals surface area contributed by atoms with E-state index in [1.165, 1.54) is 17.6 Å². The van der Waals surface area contributed by atoms with Gasteiger partial charge in [-0.3, -0.25) is 4.79 Å². The van der Waals surface area contributed by atoms with E-state index >= 15 is 0 Å². The minimum Gasteiger partial charge on any atom is -0.488 e. The molecule has 0 fully saturated rings. The Kier molecular flexibility index (Phi) is 8.68. The summed E-state index contributed by atoms with van der Waals surface area (Å²) in [7, 11) is 0. The van der Waals surface area contributed by atoms with Crippen LogP contribution in [0.5, 0.6) is 5.75 Å². The largest absolute Gasteiger partial charge is 0.488 e. The quantitative estimate of drug-likeness (QED) is 0.129. The Morgan fingerprint density at radius 2 is 1.77 bits per heavy atom. The first-order valence-electron chi connectivity index (χ1n) is 11.9.